The fourth-order valence-corrected chi connectivity index (χ4v) is 4.37. The van der Waals surface area contributed by atoms with Gasteiger partial charge in [-0.25, -0.2) is 0 Å². The molecule has 0 radical (unpaired) electrons. The lowest BCUT2D eigenvalue weighted by molar-refractivity contribution is -0.135. The Bertz CT molecular complexity index is 648. The molecule has 1 aromatic heterocycles. The fourth-order valence-electron chi connectivity index (χ4n) is 4.37. The lowest BCUT2D eigenvalue weighted by Crippen LogP contribution is -2.53. The van der Waals surface area contributed by atoms with Gasteiger partial charge in [-0.05, 0) is 43.7 Å². The van der Waals surface area contributed by atoms with Crippen LogP contribution in [0.5, 0.6) is 0 Å². The third-order valence-electron chi connectivity index (χ3n) is 6.28. The number of hydrogen-bond acceptors (Lipinski definition) is 3. The van der Waals surface area contributed by atoms with Crippen molar-refractivity contribution in [2.45, 2.75) is 77.8 Å². The highest BCUT2D eigenvalue weighted by molar-refractivity contribution is 5.81. The van der Waals surface area contributed by atoms with E-state index in [0.717, 1.165) is 44.1 Å². The first-order valence-electron chi connectivity index (χ1n) is 11.4. The van der Waals surface area contributed by atoms with E-state index in [9.17, 15) is 4.79 Å². The second-order valence-corrected chi connectivity index (χ2v) is 8.97. The van der Waals surface area contributed by atoms with Gasteiger partial charge in [-0.1, -0.05) is 33.6 Å². The lowest BCUT2D eigenvalue weighted by Gasteiger charge is -2.36. The minimum atomic E-state index is 0.0766. The van der Waals surface area contributed by atoms with Gasteiger partial charge in [0.25, 0.3) is 0 Å². The Labute approximate surface area is 175 Å². The molecule has 2 heterocycles. The van der Waals surface area contributed by atoms with Gasteiger partial charge in [-0.3, -0.25) is 9.79 Å². The molecule has 1 saturated carbocycles. The van der Waals surface area contributed by atoms with Gasteiger partial charge in [0, 0.05) is 44.1 Å². The number of nitrogens with zero attached hydrogens (tertiary/aromatic N) is 2. The predicted molar refractivity (Wildman–Crippen MR) is 117 cm³/mol. The van der Waals surface area contributed by atoms with E-state index in [1.54, 1.807) is 6.26 Å². The Balaban J connectivity index is 1.56. The molecular formula is C23H38N4O2. The molecule has 6 heteroatoms. The lowest BCUT2D eigenvalue weighted by atomic mass is 9.86. The third-order valence-corrected chi connectivity index (χ3v) is 6.28. The van der Waals surface area contributed by atoms with Crippen LogP contribution in [0.4, 0.5) is 0 Å². The predicted octanol–water partition coefficient (Wildman–Crippen LogP) is 3.58. The van der Waals surface area contributed by atoms with Crippen LogP contribution < -0.4 is 10.6 Å². The van der Waals surface area contributed by atoms with Crippen LogP contribution >= 0.6 is 0 Å². The van der Waals surface area contributed by atoms with Crippen molar-refractivity contribution in [2.75, 3.05) is 19.6 Å². The molecule has 0 aromatic carbocycles. The van der Waals surface area contributed by atoms with Gasteiger partial charge in [0.1, 0.15) is 5.76 Å². The van der Waals surface area contributed by atoms with Crippen LogP contribution in [0.2, 0.25) is 0 Å². The first kappa shape index (κ1) is 21.7. The number of amides is 1. The summed E-state index contributed by atoms with van der Waals surface area (Å²) in [5.41, 5.74) is 0. The van der Waals surface area contributed by atoms with E-state index in [-0.39, 0.29) is 11.8 Å². The number of carbonyl (C=O) groups is 1. The van der Waals surface area contributed by atoms with Gasteiger partial charge < -0.3 is 20.0 Å². The first-order chi connectivity index (χ1) is 14.0. The Morgan fingerprint density at radius 3 is 2.62 bits per heavy atom. The zero-order valence-electron chi connectivity index (χ0n) is 18.3. The van der Waals surface area contributed by atoms with Crippen LogP contribution in [-0.4, -0.2) is 48.5 Å². The van der Waals surface area contributed by atoms with Crippen molar-refractivity contribution in [3.8, 4) is 0 Å². The molecule has 0 spiro atoms. The van der Waals surface area contributed by atoms with Crippen molar-refractivity contribution in [3.63, 3.8) is 0 Å². The molecule has 1 amide bonds. The normalized spacial score (nSPS) is 24.0. The second-order valence-electron chi connectivity index (χ2n) is 8.97. The van der Waals surface area contributed by atoms with Crippen LogP contribution in [0.3, 0.4) is 0 Å². The average Bonchev–Trinajstić information content (AvgIpc) is 3.23. The molecule has 2 atom stereocenters. The fraction of sp³-hybridized carbons (Fsp3) is 0.739. The Morgan fingerprint density at radius 2 is 1.97 bits per heavy atom. The highest BCUT2D eigenvalue weighted by atomic mass is 16.3. The van der Waals surface area contributed by atoms with Crippen molar-refractivity contribution < 1.29 is 9.21 Å². The SMILES string of the molecule is CC(C)C(=O)N1CCC(NC(=NCCc2ccco2)NC2CCCCC2C)CC1. The number of nitrogens with one attached hydrogen (secondary N) is 2. The van der Waals surface area contributed by atoms with Crippen LogP contribution in [0, 0.1) is 11.8 Å². The Morgan fingerprint density at radius 1 is 1.21 bits per heavy atom. The molecule has 2 N–H and O–H groups in total. The summed E-state index contributed by atoms with van der Waals surface area (Å²) < 4.78 is 5.44. The zero-order valence-corrected chi connectivity index (χ0v) is 18.3. The molecule has 3 rings (SSSR count). The summed E-state index contributed by atoms with van der Waals surface area (Å²) >= 11 is 0. The maximum absolute atomic E-state index is 12.2. The Hall–Kier alpha value is -1.98. The monoisotopic (exact) mass is 402 g/mol. The highest BCUT2D eigenvalue weighted by Crippen LogP contribution is 2.23. The molecule has 2 fully saturated rings. The van der Waals surface area contributed by atoms with Crippen molar-refractivity contribution in [1.29, 1.82) is 0 Å². The molecule has 29 heavy (non-hydrogen) atoms. The summed E-state index contributed by atoms with van der Waals surface area (Å²) in [7, 11) is 0. The minimum Gasteiger partial charge on any atom is -0.469 e. The molecule has 2 aliphatic rings. The van der Waals surface area contributed by atoms with Crippen LogP contribution in [-0.2, 0) is 11.2 Å². The molecule has 1 aliphatic carbocycles. The third kappa shape index (κ3) is 6.51. The summed E-state index contributed by atoms with van der Waals surface area (Å²) in [6.07, 6.45) is 9.58. The number of guanidine groups is 1. The van der Waals surface area contributed by atoms with E-state index in [0.29, 0.717) is 24.5 Å². The van der Waals surface area contributed by atoms with E-state index >= 15 is 0 Å². The summed E-state index contributed by atoms with van der Waals surface area (Å²) in [5, 5.41) is 7.38. The van der Waals surface area contributed by atoms with Gasteiger partial charge >= 0.3 is 0 Å². The maximum atomic E-state index is 12.2. The number of furan rings is 1. The van der Waals surface area contributed by atoms with E-state index < -0.39 is 0 Å². The average molecular weight is 403 g/mol. The van der Waals surface area contributed by atoms with Crippen molar-refractivity contribution in [2.24, 2.45) is 16.8 Å². The van der Waals surface area contributed by atoms with Gasteiger partial charge in [0.2, 0.25) is 5.91 Å². The molecule has 162 valence electrons. The largest absolute Gasteiger partial charge is 0.469 e. The number of likely N-dealkylation sites (tertiary alicyclic amines) is 1. The molecule has 1 aromatic rings. The van der Waals surface area contributed by atoms with Crippen LogP contribution in [0.25, 0.3) is 0 Å². The standard InChI is InChI=1S/C23H38N4O2/c1-17(2)22(28)27-14-11-19(12-15-27)25-23(24-13-10-20-8-6-16-29-20)26-21-9-5-4-7-18(21)3/h6,8,16-19,21H,4-5,7,9-15H2,1-3H3,(H2,24,25,26). The number of hydrogen-bond donors (Lipinski definition) is 2. The molecule has 6 nitrogen and oxygen atoms in total. The molecule has 0 bridgehead atoms. The molecule has 1 aliphatic heterocycles. The van der Waals surface area contributed by atoms with Crippen LogP contribution in [0.15, 0.2) is 27.8 Å². The topological polar surface area (TPSA) is 69.9 Å². The number of aliphatic imine (C=N–C) groups is 1. The quantitative estimate of drug-likeness (QED) is 0.564. The second kappa shape index (κ2) is 10.7. The van der Waals surface area contributed by atoms with Crippen molar-refractivity contribution >= 4 is 11.9 Å². The van der Waals surface area contributed by atoms with E-state index in [2.05, 4.69) is 17.6 Å². The maximum Gasteiger partial charge on any atom is 0.225 e. The summed E-state index contributed by atoms with van der Waals surface area (Å²) in [6.45, 7) is 8.65. The van der Waals surface area contributed by atoms with E-state index in [1.807, 2.05) is 30.9 Å². The summed E-state index contributed by atoms with van der Waals surface area (Å²) in [6, 6.07) is 4.77. The highest BCUT2D eigenvalue weighted by Gasteiger charge is 2.26. The number of rotatable bonds is 6. The smallest absolute Gasteiger partial charge is 0.225 e. The van der Waals surface area contributed by atoms with Crippen LogP contribution in [0.1, 0.15) is 65.1 Å². The Kier molecular flexibility index (Phi) is 8.01. The van der Waals surface area contributed by atoms with E-state index in [1.165, 1.54) is 25.7 Å². The van der Waals surface area contributed by atoms with Gasteiger partial charge in [-0.2, -0.15) is 0 Å². The molecule has 1 saturated heterocycles. The summed E-state index contributed by atoms with van der Waals surface area (Å²) in [5.74, 6) is 2.91. The summed E-state index contributed by atoms with van der Waals surface area (Å²) in [4.78, 5) is 19.1. The van der Waals surface area contributed by atoms with Crippen molar-refractivity contribution in [3.05, 3.63) is 24.2 Å². The molecular weight excluding hydrogens is 364 g/mol. The van der Waals surface area contributed by atoms with E-state index in [4.69, 9.17) is 9.41 Å². The minimum absolute atomic E-state index is 0.0766. The van der Waals surface area contributed by atoms with Gasteiger partial charge in [-0.15, -0.1) is 0 Å². The number of piperidine rings is 1. The van der Waals surface area contributed by atoms with Gasteiger partial charge in [0.05, 0.1) is 6.26 Å². The number of carbonyl (C=O) groups excluding carboxylic acids is 1. The molecule has 2 unspecified atom stereocenters. The first-order valence-corrected chi connectivity index (χ1v) is 11.4. The van der Waals surface area contributed by atoms with Crippen molar-refractivity contribution in [1.82, 2.24) is 15.5 Å². The zero-order chi connectivity index (χ0) is 20.6. The van der Waals surface area contributed by atoms with Gasteiger partial charge in [0.15, 0.2) is 5.96 Å².